The number of fused-ring (bicyclic) bond motifs is 14. The van der Waals surface area contributed by atoms with E-state index in [4.69, 9.17) is 4.42 Å². The molecule has 0 amide bonds. The molecule has 17 rings (SSSR count). The molecule has 82 heavy (non-hydrogen) atoms. The van der Waals surface area contributed by atoms with Crippen molar-refractivity contribution < 1.29 is 4.42 Å². The van der Waals surface area contributed by atoms with Gasteiger partial charge in [-0.25, -0.2) is 0 Å². The minimum atomic E-state index is 0.794. The minimum absolute atomic E-state index is 0.794. The van der Waals surface area contributed by atoms with Gasteiger partial charge in [-0.3, -0.25) is 0 Å². The molecule has 0 atom stereocenters. The van der Waals surface area contributed by atoms with E-state index in [0.717, 1.165) is 101 Å². The summed E-state index contributed by atoms with van der Waals surface area (Å²) in [5.74, 6) is 0. The van der Waals surface area contributed by atoms with E-state index in [1.165, 1.54) is 52.5 Å². The summed E-state index contributed by atoms with van der Waals surface area (Å²) in [4.78, 5) is 4.80. The highest BCUT2D eigenvalue weighted by atomic mass is 32.1. The molecule has 4 aromatic heterocycles. The average Bonchev–Trinajstić information content (AvgIpc) is 4.45. The third-order valence-electron chi connectivity index (χ3n) is 16.6. The van der Waals surface area contributed by atoms with Crippen LogP contribution in [0.2, 0.25) is 0 Å². The number of nitrogens with zero attached hydrogens (tertiary/aromatic N) is 4. The zero-order chi connectivity index (χ0) is 53.8. The van der Waals surface area contributed by atoms with Crippen molar-refractivity contribution in [2.24, 2.45) is 0 Å². The van der Waals surface area contributed by atoms with Crippen molar-refractivity contribution in [3.8, 4) is 22.5 Å². The molecule has 0 aliphatic heterocycles. The molecule has 0 aliphatic rings. The van der Waals surface area contributed by atoms with Gasteiger partial charge in [-0.1, -0.05) is 170 Å². The lowest BCUT2D eigenvalue weighted by Crippen LogP contribution is -2.13. The molecule has 0 saturated heterocycles. The molecule has 0 unspecified atom stereocenters. The van der Waals surface area contributed by atoms with Crippen LogP contribution in [0.1, 0.15) is 0 Å². The fraction of sp³-hybridized carbons (Fsp3) is 0. The van der Waals surface area contributed by atoms with Crippen molar-refractivity contribution in [3.05, 3.63) is 291 Å². The zero-order valence-corrected chi connectivity index (χ0v) is 45.1. The van der Waals surface area contributed by atoms with E-state index < -0.39 is 0 Å². The topological polar surface area (TPSA) is 29.5 Å². The van der Waals surface area contributed by atoms with Gasteiger partial charge in [0.25, 0.3) is 0 Å². The van der Waals surface area contributed by atoms with Crippen LogP contribution in [0, 0.1) is 0 Å². The third-order valence-corrected chi connectivity index (χ3v) is 17.8. The summed E-state index contributed by atoms with van der Waals surface area (Å²) in [6, 6.07) is 106. The molecule has 0 N–H and O–H groups in total. The summed E-state index contributed by atoms with van der Waals surface area (Å²) in [7, 11) is 0. The summed E-state index contributed by atoms with van der Waals surface area (Å²) in [5.41, 5.74) is 16.7. The predicted molar refractivity (Wildman–Crippen MR) is 348 cm³/mol. The SMILES string of the molecule is c1ccc(N(c2cc(N(c3ccccc3)c3ccc4c5ccccc5n(-c5ccccc5)c4c3)c3oc4ccc(-c5ccc6sc7c8ccccc8ccc7c6c5)cc4c3c2)c2ccc3c4ccccc4n(-c4ccccc4)c3c2)cc1. The van der Waals surface area contributed by atoms with Gasteiger partial charge in [-0.05, 0) is 143 Å². The van der Waals surface area contributed by atoms with Crippen molar-refractivity contribution in [2.45, 2.75) is 0 Å². The summed E-state index contributed by atoms with van der Waals surface area (Å²) in [6.45, 7) is 0. The third kappa shape index (κ3) is 7.25. The second kappa shape index (κ2) is 18.5. The van der Waals surface area contributed by atoms with E-state index >= 15 is 0 Å². The lowest BCUT2D eigenvalue weighted by molar-refractivity contribution is 0.669. The zero-order valence-electron chi connectivity index (χ0n) is 44.3. The number of hydrogen-bond acceptors (Lipinski definition) is 4. The van der Waals surface area contributed by atoms with Crippen LogP contribution in [0.5, 0.6) is 0 Å². The smallest absolute Gasteiger partial charge is 0.159 e. The Labute approximate surface area is 476 Å². The number of anilines is 6. The Hall–Kier alpha value is -10.7. The number of aromatic nitrogens is 2. The fourth-order valence-corrected chi connectivity index (χ4v) is 14.2. The first-order valence-corrected chi connectivity index (χ1v) is 28.7. The van der Waals surface area contributed by atoms with Crippen LogP contribution in [0.15, 0.2) is 296 Å². The Kier molecular flexibility index (Phi) is 10.4. The lowest BCUT2D eigenvalue weighted by Gasteiger charge is -2.30. The highest BCUT2D eigenvalue weighted by Crippen LogP contribution is 2.50. The van der Waals surface area contributed by atoms with Crippen LogP contribution in [0.3, 0.4) is 0 Å². The van der Waals surface area contributed by atoms with Crippen molar-refractivity contribution in [2.75, 3.05) is 9.80 Å². The van der Waals surface area contributed by atoms with Crippen molar-refractivity contribution in [1.29, 1.82) is 0 Å². The molecule has 6 heteroatoms. The summed E-state index contributed by atoms with van der Waals surface area (Å²) in [6.07, 6.45) is 0. The first-order valence-electron chi connectivity index (χ1n) is 27.9. The van der Waals surface area contributed by atoms with E-state index in [-0.39, 0.29) is 0 Å². The maximum atomic E-state index is 7.32. The Morgan fingerprint density at radius 3 is 1.43 bits per heavy atom. The maximum Gasteiger partial charge on any atom is 0.159 e. The standard InChI is InChI=1S/C76H48N4OS/c1-5-20-52(21-6-1)77(56-36-39-62-60-29-15-17-31-68(60)79(70(62)46-56)54-24-9-3-10-25-54)58-45-67-65-43-50(51-35-42-74-66(44-51)64-38-33-49-19-13-14-28-59(49)76(64)82-74)34-41-73(65)81-75(67)72(48-58)78(53-22-7-2-8-23-53)57-37-40-63-61-30-16-18-32-69(61)80(71(63)47-57)55-26-11-4-12-27-55/h1-48H. The van der Waals surface area contributed by atoms with Crippen LogP contribution in [0.25, 0.3) is 119 Å². The van der Waals surface area contributed by atoms with Crippen LogP contribution in [-0.4, -0.2) is 9.13 Å². The Balaban J connectivity index is 0.935. The summed E-state index contributed by atoms with van der Waals surface area (Å²) < 4.78 is 14.7. The van der Waals surface area contributed by atoms with E-state index in [1.54, 1.807) is 0 Å². The number of rotatable bonds is 9. The van der Waals surface area contributed by atoms with Gasteiger partial charge in [-0.2, -0.15) is 0 Å². The molecular formula is C76H48N4OS. The van der Waals surface area contributed by atoms with Crippen molar-refractivity contribution in [1.82, 2.24) is 9.13 Å². The van der Waals surface area contributed by atoms with Gasteiger partial charge in [0.2, 0.25) is 0 Å². The lowest BCUT2D eigenvalue weighted by atomic mass is 9.99. The van der Waals surface area contributed by atoms with E-state index in [1.807, 2.05) is 11.3 Å². The Morgan fingerprint density at radius 1 is 0.293 bits per heavy atom. The Bertz CT molecular complexity index is 5350. The molecule has 384 valence electrons. The van der Waals surface area contributed by atoms with Crippen LogP contribution < -0.4 is 9.80 Å². The molecule has 17 aromatic rings. The van der Waals surface area contributed by atoms with E-state index in [9.17, 15) is 0 Å². The molecular weight excluding hydrogens is 1020 g/mol. The number of furan rings is 1. The molecule has 0 saturated carbocycles. The first kappa shape index (κ1) is 46.3. The van der Waals surface area contributed by atoms with E-state index in [2.05, 4.69) is 310 Å². The number of para-hydroxylation sites is 6. The monoisotopic (exact) mass is 1060 g/mol. The van der Waals surface area contributed by atoms with Gasteiger partial charge >= 0.3 is 0 Å². The average molecular weight is 1070 g/mol. The summed E-state index contributed by atoms with van der Waals surface area (Å²) in [5, 5.41) is 12.0. The van der Waals surface area contributed by atoms with Crippen molar-refractivity contribution in [3.63, 3.8) is 0 Å². The van der Waals surface area contributed by atoms with Crippen LogP contribution in [-0.2, 0) is 0 Å². The second-order valence-corrected chi connectivity index (χ2v) is 22.3. The molecule has 0 radical (unpaired) electrons. The van der Waals surface area contributed by atoms with Gasteiger partial charge in [0.1, 0.15) is 5.58 Å². The summed E-state index contributed by atoms with van der Waals surface area (Å²) >= 11 is 1.88. The molecule has 0 aliphatic carbocycles. The molecule has 0 fully saturated rings. The van der Waals surface area contributed by atoms with Crippen LogP contribution in [0.4, 0.5) is 34.1 Å². The van der Waals surface area contributed by atoms with E-state index in [0.29, 0.717) is 0 Å². The largest absolute Gasteiger partial charge is 0.454 e. The highest BCUT2D eigenvalue weighted by molar-refractivity contribution is 7.26. The van der Waals surface area contributed by atoms with Gasteiger partial charge in [0, 0.05) is 92.3 Å². The second-order valence-electron chi connectivity index (χ2n) is 21.3. The fourth-order valence-electron chi connectivity index (χ4n) is 12.9. The quantitative estimate of drug-likeness (QED) is 0.144. The first-order chi connectivity index (χ1) is 40.7. The number of hydrogen-bond donors (Lipinski definition) is 0. The molecule has 13 aromatic carbocycles. The highest BCUT2D eigenvalue weighted by Gasteiger charge is 2.26. The van der Waals surface area contributed by atoms with Gasteiger partial charge < -0.3 is 23.4 Å². The molecule has 0 spiro atoms. The number of benzene rings is 13. The maximum absolute atomic E-state index is 7.32. The van der Waals surface area contributed by atoms with Gasteiger partial charge in [0.15, 0.2) is 5.58 Å². The van der Waals surface area contributed by atoms with Crippen LogP contribution >= 0.6 is 11.3 Å². The number of thiophene rings is 1. The Morgan fingerprint density at radius 2 is 0.793 bits per heavy atom. The van der Waals surface area contributed by atoms with Crippen molar-refractivity contribution >= 4 is 142 Å². The van der Waals surface area contributed by atoms with Gasteiger partial charge in [0.05, 0.1) is 27.8 Å². The predicted octanol–water partition coefficient (Wildman–Crippen LogP) is 21.9. The molecule has 0 bridgehead atoms. The van der Waals surface area contributed by atoms with Gasteiger partial charge in [-0.15, -0.1) is 11.3 Å². The molecule has 4 heterocycles. The normalized spacial score (nSPS) is 11.9. The minimum Gasteiger partial charge on any atom is -0.454 e. The molecule has 5 nitrogen and oxygen atoms in total.